The molecule has 1 unspecified atom stereocenters. The molecule has 0 saturated heterocycles. The number of aliphatic hydroxyl groups excluding tert-OH is 1. The Morgan fingerprint density at radius 1 is 1.41 bits per heavy atom. The first kappa shape index (κ1) is 17.1. The van der Waals surface area contributed by atoms with E-state index in [2.05, 4.69) is 12.2 Å². The Hall–Kier alpha value is -1.26. The van der Waals surface area contributed by atoms with Crippen molar-refractivity contribution in [2.75, 3.05) is 20.1 Å². The number of aliphatic hydroxyl groups is 1. The molecule has 0 aromatic heterocycles. The molecular weight excluding hydrogens is 300 g/mol. The molecule has 2 amide bonds. The first-order valence-electron chi connectivity index (χ1n) is 7.92. The van der Waals surface area contributed by atoms with Gasteiger partial charge in [0.1, 0.15) is 0 Å². The van der Waals surface area contributed by atoms with Crippen molar-refractivity contribution in [3.8, 4) is 0 Å². The molecule has 0 spiro atoms. The minimum Gasteiger partial charge on any atom is -0.393 e. The molecule has 1 aromatic rings. The maximum atomic E-state index is 12.1. The first-order valence-corrected chi connectivity index (χ1v) is 8.29. The topological polar surface area (TPSA) is 52.6 Å². The second kappa shape index (κ2) is 7.84. The molecule has 1 fully saturated rings. The van der Waals surface area contributed by atoms with Crippen molar-refractivity contribution < 1.29 is 9.90 Å². The number of hydrogen-bond acceptors (Lipinski definition) is 2. The predicted molar refractivity (Wildman–Crippen MR) is 89.2 cm³/mol. The Bertz CT molecular complexity index is 486. The van der Waals surface area contributed by atoms with E-state index >= 15 is 0 Å². The van der Waals surface area contributed by atoms with E-state index in [0.717, 1.165) is 24.3 Å². The minimum absolute atomic E-state index is 0.0474. The lowest BCUT2D eigenvalue weighted by Crippen LogP contribution is -2.44. The Labute approximate surface area is 137 Å². The van der Waals surface area contributed by atoms with Gasteiger partial charge in [0.25, 0.3) is 0 Å². The Kier molecular flexibility index (Phi) is 6.09. The second-order valence-electron chi connectivity index (χ2n) is 6.21. The molecule has 0 bridgehead atoms. The van der Waals surface area contributed by atoms with Crippen LogP contribution in [0.15, 0.2) is 24.3 Å². The zero-order valence-electron chi connectivity index (χ0n) is 13.3. The van der Waals surface area contributed by atoms with Crippen LogP contribution in [0.25, 0.3) is 0 Å². The summed E-state index contributed by atoms with van der Waals surface area (Å²) in [5.41, 5.74) is 1.19. The lowest BCUT2D eigenvalue weighted by atomic mass is 9.82. The van der Waals surface area contributed by atoms with E-state index in [9.17, 15) is 9.90 Å². The highest BCUT2D eigenvalue weighted by atomic mass is 35.5. The number of nitrogens with zero attached hydrogens (tertiary/aromatic N) is 1. The van der Waals surface area contributed by atoms with Crippen LogP contribution in [0, 0.1) is 5.92 Å². The molecule has 2 N–H and O–H groups in total. The number of rotatable bonds is 6. The average Bonchev–Trinajstić information content (AvgIpc) is 2.47. The smallest absolute Gasteiger partial charge is 0.317 e. The van der Waals surface area contributed by atoms with E-state index in [4.69, 9.17) is 11.6 Å². The van der Waals surface area contributed by atoms with E-state index in [1.165, 1.54) is 5.56 Å². The summed E-state index contributed by atoms with van der Waals surface area (Å²) in [4.78, 5) is 13.9. The monoisotopic (exact) mass is 324 g/mol. The highest BCUT2D eigenvalue weighted by Gasteiger charge is 2.29. The van der Waals surface area contributed by atoms with Gasteiger partial charge in [0.2, 0.25) is 0 Å². The Balaban J connectivity index is 1.79. The van der Waals surface area contributed by atoms with Crippen LogP contribution in [0.3, 0.4) is 0 Å². The van der Waals surface area contributed by atoms with Crippen LogP contribution in [0.2, 0.25) is 5.02 Å². The number of amides is 2. The molecule has 2 rings (SSSR count). The number of halogens is 1. The highest BCUT2D eigenvalue weighted by Crippen LogP contribution is 2.27. The van der Waals surface area contributed by atoms with Gasteiger partial charge in [0.15, 0.2) is 0 Å². The standard InChI is InChI=1S/C17H25ClN2O2/c1-3-13(14-4-6-15(18)7-5-14)10-19-17(22)20(2)11-12-8-16(21)9-12/h4-7,12-13,16,21H,3,8-11H2,1-2H3,(H,19,22). The number of carbonyl (C=O) groups is 1. The summed E-state index contributed by atoms with van der Waals surface area (Å²) in [5, 5.41) is 13.0. The van der Waals surface area contributed by atoms with Gasteiger partial charge in [-0.25, -0.2) is 4.79 Å². The van der Waals surface area contributed by atoms with Gasteiger partial charge < -0.3 is 15.3 Å². The zero-order chi connectivity index (χ0) is 16.1. The van der Waals surface area contributed by atoms with Crippen LogP contribution < -0.4 is 5.32 Å². The van der Waals surface area contributed by atoms with Crippen LogP contribution in [0.4, 0.5) is 4.79 Å². The van der Waals surface area contributed by atoms with Crippen molar-refractivity contribution >= 4 is 17.6 Å². The first-order chi connectivity index (χ1) is 10.5. The number of hydrogen-bond donors (Lipinski definition) is 2. The van der Waals surface area contributed by atoms with Gasteiger partial charge in [-0.05, 0) is 42.9 Å². The Morgan fingerprint density at radius 2 is 2.05 bits per heavy atom. The van der Waals surface area contributed by atoms with Gasteiger partial charge in [-0.2, -0.15) is 0 Å². The van der Waals surface area contributed by atoms with Crippen molar-refractivity contribution in [1.82, 2.24) is 10.2 Å². The number of nitrogens with one attached hydrogen (secondary N) is 1. The summed E-state index contributed by atoms with van der Waals surface area (Å²) < 4.78 is 0. The van der Waals surface area contributed by atoms with Gasteiger partial charge in [-0.1, -0.05) is 30.7 Å². The third-order valence-corrected chi connectivity index (χ3v) is 4.68. The summed E-state index contributed by atoms with van der Waals surface area (Å²) in [5.74, 6) is 0.726. The lowest BCUT2D eigenvalue weighted by molar-refractivity contribution is 0.0325. The number of benzene rings is 1. The molecule has 0 aliphatic heterocycles. The van der Waals surface area contributed by atoms with Crippen LogP contribution in [-0.4, -0.2) is 42.3 Å². The summed E-state index contributed by atoms with van der Waals surface area (Å²) in [7, 11) is 1.81. The van der Waals surface area contributed by atoms with Crippen molar-refractivity contribution in [3.05, 3.63) is 34.9 Å². The zero-order valence-corrected chi connectivity index (χ0v) is 14.0. The summed E-state index contributed by atoms with van der Waals surface area (Å²) >= 11 is 5.91. The fourth-order valence-corrected chi connectivity index (χ4v) is 3.02. The third kappa shape index (κ3) is 4.62. The van der Waals surface area contributed by atoms with Gasteiger partial charge in [-0.3, -0.25) is 0 Å². The van der Waals surface area contributed by atoms with Crippen LogP contribution >= 0.6 is 11.6 Å². The van der Waals surface area contributed by atoms with Gasteiger partial charge in [0, 0.05) is 31.1 Å². The van der Waals surface area contributed by atoms with Crippen LogP contribution in [0.1, 0.15) is 37.7 Å². The molecule has 22 heavy (non-hydrogen) atoms. The van der Waals surface area contributed by atoms with E-state index in [-0.39, 0.29) is 12.1 Å². The SMILES string of the molecule is CCC(CNC(=O)N(C)CC1CC(O)C1)c1ccc(Cl)cc1. The normalized spacial score (nSPS) is 21.8. The van der Waals surface area contributed by atoms with E-state index in [0.29, 0.717) is 24.9 Å². The van der Waals surface area contributed by atoms with Crippen LogP contribution in [-0.2, 0) is 0 Å². The quantitative estimate of drug-likeness (QED) is 0.844. The van der Waals surface area contributed by atoms with Crippen molar-refractivity contribution in [3.63, 3.8) is 0 Å². The molecular formula is C17H25ClN2O2. The fourth-order valence-electron chi connectivity index (χ4n) is 2.90. The second-order valence-corrected chi connectivity index (χ2v) is 6.65. The van der Waals surface area contributed by atoms with E-state index in [1.807, 2.05) is 31.3 Å². The summed E-state index contributed by atoms with van der Waals surface area (Å²) in [6, 6.07) is 7.75. The van der Waals surface area contributed by atoms with Gasteiger partial charge in [-0.15, -0.1) is 0 Å². The van der Waals surface area contributed by atoms with Crippen molar-refractivity contribution in [1.29, 1.82) is 0 Å². The van der Waals surface area contributed by atoms with Gasteiger partial charge in [0.05, 0.1) is 6.10 Å². The molecule has 4 nitrogen and oxygen atoms in total. The molecule has 122 valence electrons. The number of carbonyl (C=O) groups excluding carboxylic acids is 1. The maximum absolute atomic E-state index is 12.1. The number of urea groups is 1. The highest BCUT2D eigenvalue weighted by molar-refractivity contribution is 6.30. The Morgan fingerprint density at radius 3 is 2.59 bits per heavy atom. The third-order valence-electron chi connectivity index (χ3n) is 4.42. The molecule has 1 aromatic carbocycles. The van der Waals surface area contributed by atoms with Crippen LogP contribution in [0.5, 0.6) is 0 Å². The molecule has 5 heteroatoms. The summed E-state index contributed by atoms with van der Waals surface area (Å²) in [6.45, 7) is 3.44. The molecule has 0 heterocycles. The largest absolute Gasteiger partial charge is 0.393 e. The fraction of sp³-hybridized carbons (Fsp3) is 0.588. The van der Waals surface area contributed by atoms with Gasteiger partial charge >= 0.3 is 6.03 Å². The molecule has 1 saturated carbocycles. The van der Waals surface area contributed by atoms with Crippen molar-refractivity contribution in [2.24, 2.45) is 5.92 Å². The predicted octanol–water partition coefficient (Wildman–Crippen LogP) is 3.25. The van der Waals surface area contributed by atoms with Crippen molar-refractivity contribution in [2.45, 2.75) is 38.2 Å². The molecule has 1 atom stereocenters. The van der Waals surface area contributed by atoms with E-state index < -0.39 is 0 Å². The van der Waals surface area contributed by atoms with E-state index in [1.54, 1.807) is 4.90 Å². The molecule has 0 radical (unpaired) electrons. The molecule has 1 aliphatic rings. The summed E-state index contributed by atoms with van der Waals surface area (Å²) in [6.07, 6.45) is 2.40. The molecule has 1 aliphatic carbocycles. The lowest BCUT2D eigenvalue weighted by Gasteiger charge is -2.34. The average molecular weight is 325 g/mol. The maximum Gasteiger partial charge on any atom is 0.317 e. The minimum atomic E-state index is -0.171.